The summed E-state index contributed by atoms with van der Waals surface area (Å²) >= 11 is 0. The van der Waals surface area contributed by atoms with E-state index in [1.165, 1.54) is 12.1 Å². The van der Waals surface area contributed by atoms with E-state index in [-0.39, 0.29) is 18.2 Å². The minimum Gasteiger partial charge on any atom is -0.393 e. The lowest BCUT2D eigenvalue weighted by atomic mass is 10.0. The number of alkyl halides is 3. The maximum Gasteiger partial charge on any atom is 0.418 e. The molecule has 0 saturated carbocycles. The van der Waals surface area contributed by atoms with Gasteiger partial charge in [0.15, 0.2) is 0 Å². The van der Waals surface area contributed by atoms with Crippen molar-refractivity contribution in [3.63, 3.8) is 0 Å². The van der Waals surface area contributed by atoms with E-state index in [4.69, 9.17) is 0 Å². The highest BCUT2D eigenvalue weighted by Crippen LogP contribution is 2.37. The van der Waals surface area contributed by atoms with Gasteiger partial charge < -0.3 is 20.6 Å². The first kappa shape index (κ1) is 20.1. The summed E-state index contributed by atoms with van der Waals surface area (Å²) in [6.45, 7) is 3.85. The topological polar surface area (TPSA) is 64.6 Å². The molecular formula is C16H24F3N3O2. The number of benzene rings is 1. The largest absolute Gasteiger partial charge is 0.418 e. The number of rotatable bonds is 6. The average molecular weight is 347 g/mol. The van der Waals surface area contributed by atoms with Crippen LogP contribution >= 0.6 is 0 Å². The summed E-state index contributed by atoms with van der Waals surface area (Å²) < 4.78 is 39.5. The molecule has 3 N–H and O–H groups in total. The van der Waals surface area contributed by atoms with Gasteiger partial charge >= 0.3 is 12.2 Å². The molecule has 1 atom stereocenters. The minimum absolute atomic E-state index is 0.0465. The fraction of sp³-hybridized carbons (Fsp3) is 0.562. The van der Waals surface area contributed by atoms with Gasteiger partial charge in [0.25, 0.3) is 0 Å². The van der Waals surface area contributed by atoms with Crippen molar-refractivity contribution in [1.29, 1.82) is 0 Å². The van der Waals surface area contributed by atoms with Gasteiger partial charge in [0, 0.05) is 26.3 Å². The molecule has 0 heterocycles. The van der Waals surface area contributed by atoms with Crippen LogP contribution in [0.5, 0.6) is 0 Å². The number of anilines is 2. The summed E-state index contributed by atoms with van der Waals surface area (Å²) in [5.41, 5.74) is -0.839. The molecule has 0 aliphatic heterocycles. The highest BCUT2D eigenvalue weighted by atomic mass is 19.4. The number of amides is 2. The second-order valence-electron chi connectivity index (χ2n) is 6.10. The van der Waals surface area contributed by atoms with E-state index >= 15 is 0 Å². The first-order chi connectivity index (χ1) is 11.0. The van der Waals surface area contributed by atoms with Crippen molar-refractivity contribution in [3.05, 3.63) is 23.8 Å². The van der Waals surface area contributed by atoms with E-state index in [1.54, 1.807) is 19.0 Å². The zero-order chi connectivity index (χ0) is 18.5. The molecule has 1 rings (SSSR count). The number of hydrogen-bond acceptors (Lipinski definition) is 3. The first-order valence-corrected chi connectivity index (χ1v) is 7.64. The highest BCUT2D eigenvalue weighted by molar-refractivity contribution is 5.90. The van der Waals surface area contributed by atoms with Crippen LogP contribution in [-0.2, 0) is 6.18 Å². The van der Waals surface area contributed by atoms with Crippen LogP contribution in [0.3, 0.4) is 0 Å². The van der Waals surface area contributed by atoms with Gasteiger partial charge in [-0.15, -0.1) is 0 Å². The minimum atomic E-state index is -4.58. The van der Waals surface area contributed by atoms with E-state index in [9.17, 15) is 23.1 Å². The Bertz CT molecular complexity index is 560. The molecule has 0 unspecified atom stereocenters. The lowest BCUT2D eigenvalue weighted by molar-refractivity contribution is -0.136. The molecule has 0 fully saturated rings. The molecule has 136 valence electrons. The number of urea groups is 1. The Kier molecular flexibility index (Phi) is 6.89. The molecule has 0 bridgehead atoms. The average Bonchev–Trinajstić information content (AvgIpc) is 2.45. The Hall–Kier alpha value is -1.96. The second kappa shape index (κ2) is 8.23. The zero-order valence-electron chi connectivity index (χ0n) is 14.2. The van der Waals surface area contributed by atoms with Gasteiger partial charge in [-0.2, -0.15) is 13.2 Å². The fourth-order valence-corrected chi connectivity index (χ4v) is 1.99. The van der Waals surface area contributed by atoms with Crippen molar-refractivity contribution in [2.24, 2.45) is 5.92 Å². The number of halogens is 3. The van der Waals surface area contributed by atoms with Crippen molar-refractivity contribution in [1.82, 2.24) is 5.32 Å². The summed E-state index contributed by atoms with van der Waals surface area (Å²) in [6, 6.07) is 2.96. The molecular weight excluding hydrogens is 323 g/mol. The number of aliphatic hydroxyl groups excluding tert-OH is 1. The molecule has 0 radical (unpaired) electrons. The first-order valence-electron chi connectivity index (χ1n) is 7.64. The third kappa shape index (κ3) is 5.92. The van der Waals surface area contributed by atoms with Crippen LogP contribution in [0.2, 0.25) is 0 Å². The molecule has 0 aliphatic rings. The predicted octanol–water partition coefficient (Wildman–Crippen LogP) is 3.30. The molecule has 0 aliphatic carbocycles. The van der Waals surface area contributed by atoms with Crippen LogP contribution in [-0.4, -0.2) is 37.9 Å². The standard InChI is InChI=1S/C16H24F3N3O2/c1-10(2)14(23)7-8-20-15(24)21-13-6-5-11(22(3)4)9-12(13)16(17,18)19/h5-6,9-10,14,23H,7-8H2,1-4H3,(H2,20,21,24)/t14-/m0/s1. The van der Waals surface area contributed by atoms with Gasteiger partial charge in [0.2, 0.25) is 0 Å². The lowest BCUT2D eigenvalue weighted by Gasteiger charge is -2.19. The number of hydrogen-bond donors (Lipinski definition) is 3. The third-order valence-electron chi connectivity index (χ3n) is 3.57. The lowest BCUT2D eigenvalue weighted by Crippen LogP contribution is -2.32. The van der Waals surface area contributed by atoms with E-state index < -0.39 is 23.9 Å². The molecule has 0 saturated heterocycles. The number of aliphatic hydroxyl groups is 1. The van der Waals surface area contributed by atoms with Gasteiger partial charge in [-0.3, -0.25) is 0 Å². The quantitative estimate of drug-likeness (QED) is 0.740. The van der Waals surface area contributed by atoms with Gasteiger partial charge in [0.1, 0.15) is 0 Å². The zero-order valence-corrected chi connectivity index (χ0v) is 14.2. The number of nitrogens with one attached hydrogen (secondary N) is 2. The van der Waals surface area contributed by atoms with Crippen molar-refractivity contribution in [2.75, 3.05) is 30.9 Å². The van der Waals surface area contributed by atoms with Crippen molar-refractivity contribution >= 4 is 17.4 Å². The van der Waals surface area contributed by atoms with Crippen molar-refractivity contribution in [2.45, 2.75) is 32.5 Å². The third-order valence-corrected chi connectivity index (χ3v) is 3.57. The van der Waals surface area contributed by atoms with Crippen LogP contribution in [0.4, 0.5) is 29.3 Å². The van der Waals surface area contributed by atoms with E-state index in [1.807, 2.05) is 13.8 Å². The van der Waals surface area contributed by atoms with Crippen LogP contribution in [0, 0.1) is 5.92 Å². The molecule has 8 heteroatoms. The van der Waals surface area contributed by atoms with Crippen molar-refractivity contribution in [3.8, 4) is 0 Å². The molecule has 2 amide bonds. The molecule has 1 aromatic carbocycles. The Labute approximate surface area is 139 Å². The summed E-state index contributed by atoms with van der Waals surface area (Å²) in [5.74, 6) is 0.0465. The van der Waals surface area contributed by atoms with E-state index in [2.05, 4.69) is 10.6 Å². The van der Waals surface area contributed by atoms with Gasteiger partial charge in [-0.05, 0) is 30.5 Å². The monoisotopic (exact) mass is 347 g/mol. The van der Waals surface area contributed by atoms with Crippen LogP contribution in [0.25, 0.3) is 0 Å². The Morgan fingerprint density at radius 3 is 2.42 bits per heavy atom. The Balaban J connectivity index is 2.78. The fourth-order valence-electron chi connectivity index (χ4n) is 1.99. The molecule has 0 spiro atoms. The molecule has 1 aromatic rings. The maximum atomic E-state index is 13.2. The predicted molar refractivity (Wildman–Crippen MR) is 88.3 cm³/mol. The summed E-state index contributed by atoms with van der Waals surface area (Å²) in [5, 5.41) is 14.3. The molecule has 0 aromatic heterocycles. The number of carbonyl (C=O) groups is 1. The summed E-state index contributed by atoms with van der Waals surface area (Å²) in [7, 11) is 3.27. The highest BCUT2D eigenvalue weighted by Gasteiger charge is 2.34. The van der Waals surface area contributed by atoms with Gasteiger partial charge in [-0.1, -0.05) is 13.8 Å². The van der Waals surface area contributed by atoms with E-state index in [0.717, 1.165) is 6.07 Å². The van der Waals surface area contributed by atoms with Gasteiger partial charge in [-0.25, -0.2) is 4.79 Å². The molecule has 24 heavy (non-hydrogen) atoms. The van der Waals surface area contributed by atoms with E-state index in [0.29, 0.717) is 12.1 Å². The smallest absolute Gasteiger partial charge is 0.393 e. The Morgan fingerprint density at radius 1 is 1.29 bits per heavy atom. The summed E-state index contributed by atoms with van der Waals surface area (Å²) in [6.07, 6.45) is -4.82. The Morgan fingerprint density at radius 2 is 1.92 bits per heavy atom. The molecule has 5 nitrogen and oxygen atoms in total. The summed E-state index contributed by atoms with van der Waals surface area (Å²) in [4.78, 5) is 13.3. The number of nitrogens with zero attached hydrogens (tertiary/aromatic N) is 1. The van der Waals surface area contributed by atoms with Crippen molar-refractivity contribution < 1.29 is 23.1 Å². The second-order valence-corrected chi connectivity index (χ2v) is 6.10. The van der Waals surface area contributed by atoms with Crippen LogP contribution < -0.4 is 15.5 Å². The SMILES string of the molecule is CC(C)[C@@H](O)CCNC(=O)Nc1ccc(N(C)C)cc1C(F)(F)F. The van der Waals surface area contributed by atoms with Gasteiger partial charge in [0.05, 0.1) is 17.4 Å². The van der Waals surface area contributed by atoms with Crippen LogP contribution in [0.15, 0.2) is 18.2 Å². The normalized spacial score (nSPS) is 12.9. The van der Waals surface area contributed by atoms with Crippen LogP contribution in [0.1, 0.15) is 25.8 Å². The number of carbonyl (C=O) groups excluding carboxylic acids is 1. The maximum absolute atomic E-state index is 13.2.